The third-order valence-corrected chi connectivity index (χ3v) is 5.59. The number of thioether (sulfide) groups is 1. The summed E-state index contributed by atoms with van der Waals surface area (Å²) in [5.74, 6) is 0.683. The maximum absolute atomic E-state index is 12.8. The van der Waals surface area contributed by atoms with E-state index in [9.17, 15) is 9.18 Å². The molecule has 2 aromatic heterocycles. The summed E-state index contributed by atoms with van der Waals surface area (Å²) in [5.41, 5.74) is 1.89. The normalized spacial score (nSPS) is 10.7. The molecule has 3 aromatic rings. The van der Waals surface area contributed by atoms with Gasteiger partial charge in [0.15, 0.2) is 5.13 Å². The molecule has 0 spiro atoms. The van der Waals surface area contributed by atoms with Crippen LogP contribution in [0.3, 0.4) is 0 Å². The van der Waals surface area contributed by atoms with E-state index < -0.39 is 0 Å². The number of carbonyl (C=O) groups excluding carboxylic acids is 1. The lowest BCUT2D eigenvalue weighted by Crippen LogP contribution is -2.13. The highest BCUT2D eigenvalue weighted by molar-refractivity contribution is 7.99. The monoisotopic (exact) mass is 364 g/mol. The largest absolute Gasteiger partial charge is 0.301 e. The summed E-state index contributed by atoms with van der Waals surface area (Å²) in [4.78, 5) is 17.4. The van der Waals surface area contributed by atoms with E-state index in [1.165, 1.54) is 35.2 Å². The summed E-state index contributed by atoms with van der Waals surface area (Å²) in [6.45, 7) is 0. The number of halogens is 1. The molecule has 1 N–H and O–H groups in total. The molecule has 3 rings (SSSR count). The Morgan fingerprint density at radius 3 is 2.78 bits per heavy atom. The number of rotatable bonds is 6. The quantitative estimate of drug-likeness (QED) is 0.678. The van der Waals surface area contributed by atoms with Crippen LogP contribution in [0, 0.1) is 5.82 Å². The highest BCUT2D eigenvalue weighted by Crippen LogP contribution is 2.28. The van der Waals surface area contributed by atoms with E-state index in [0.717, 1.165) is 16.1 Å². The predicted octanol–water partition coefficient (Wildman–Crippen LogP) is 4.88. The first-order valence-corrected chi connectivity index (χ1v) is 9.73. The Labute approximate surface area is 145 Å². The van der Waals surface area contributed by atoms with E-state index in [4.69, 9.17) is 0 Å². The van der Waals surface area contributed by atoms with E-state index in [2.05, 4.69) is 10.3 Å². The van der Waals surface area contributed by atoms with Gasteiger partial charge in [-0.3, -0.25) is 4.79 Å². The number of hydrogen-bond donors (Lipinski definition) is 1. The number of thiazole rings is 1. The molecule has 0 aliphatic heterocycles. The molecule has 118 valence electrons. The van der Waals surface area contributed by atoms with Gasteiger partial charge in [-0.2, -0.15) is 0 Å². The highest BCUT2D eigenvalue weighted by atomic mass is 32.2. The number of nitrogens with one attached hydrogen (secondary N) is 1. The van der Waals surface area contributed by atoms with Crippen molar-refractivity contribution in [2.24, 2.45) is 0 Å². The van der Waals surface area contributed by atoms with Gasteiger partial charge in [-0.1, -0.05) is 18.2 Å². The van der Waals surface area contributed by atoms with Gasteiger partial charge in [0.2, 0.25) is 5.91 Å². The number of thiophene rings is 1. The fraction of sp³-hybridized carbons (Fsp3) is 0.125. The number of anilines is 1. The Bertz CT molecular complexity index is 769. The van der Waals surface area contributed by atoms with Crippen molar-refractivity contribution in [1.82, 2.24) is 4.98 Å². The summed E-state index contributed by atoms with van der Waals surface area (Å²) in [7, 11) is 0. The average Bonchev–Trinajstić information content (AvgIpc) is 3.20. The third-order valence-electron chi connectivity index (χ3n) is 2.94. The van der Waals surface area contributed by atoms with Crippen LogP contribution in [0.15, 0.2) is 47.2 Å². The molecule has 0 fully saturated rings. The first-order valence-electron chi connectivity index (χ1n) is 6.82. The van der Waals surface area contributed by atoms with Crippen molar-refractivity contribution in [3.8, 4) is 10.6 Å². The van der Waals surface area contributed by atoms with Crippen molar-refractivity contribution in [2.45, 2.75) is 5.75 Å². The number of hydrogen-bond acceptors (Lipinski definition) is 5. The minimum atomic E-state index is -0.248. The summed E-state index contributed by atoms with van der Waals surface area (Å²) in [5, 5.41) is 7.36. The Hall–Kier alpha value is -1.70. The molecular formula is C16H13FN2OS3. The minimum Gasteiger partial charge on any atom is -0.301 e. The summed E-state index contributed by atoms with van der Waals surface area (Å²) < 4.78 is 12.8. The molecule has 2 heterocycles. The van der Waals surface area contributed by atoms with Crippen LogP contribution in [-0.4, -0.2) is 16.6 Å². The van der Waals surface area contributed by atoms with Crippen LogP contribution in [0.5, 0.6) is 0 Å². The standard InChI is InChI=1S/C16H13FN2OS3/c17-12-5-3-11(4-6-12)8-21-10-15(20)19-16-18-13(9-23-16)14-2-1-7-22-14/h1-7,9H,8,10H2,(H,18,19,20). The van der Waals surface area contributed by atoms with Crippen molar-refractivity contribution in [3.63, 3.8) is 0 Å². The highest BCUT2D eigenvalue weighted by Gasteiger charge is 2.08. The van der Waals surface area contributed by atoms with E-state index in [1.807, 2.05) is 22.9 Å². The third kappa shape index (κ3) is 4.63. The van der Waals surface area contributed by atoms with E-state index in [1.54, 1.807) is 23.5 Å². The molecule has 3 nitrogen and oxygen atoms in total. The van der Waals surface area contributed by atoms with Crippen LogP contribution in [0.2, 0.25) is 0 Å². The van der Waals surface area contributed by atoms with Crippen molar-refractivity contribution in [3.05, 3.63) is 58.5 Å². The van der Waals surface area contributed by atoms with Crippen LogP contribution >= 0.6 is 34.4 Å². The molecule has 0 saturated heterocycles. The molecule has 0 aliphatic rings. The Kier molecular flexibility index (Phi) is 5.43. The van der Waals surface area contributed by atoms with Gasteiger partial charge in [0.25, 0.3) is 0 Å². The number of amides is 1. The molecule has 7 heteroatoms. The fourth-order valence-electron chi connectivity index (χ4n) is 1.87. The SMILES string of the molecule is O=C(CSCc1ccc(F)cc1)Nc1nc(-c2cccs2)cs1. The van der Waals surface area contributed by atoms with Crippen molar-refractivity contribution in [2.75, 3.05) is 11.1 Å². The van der Waals surface area contributed by atoms with Gasteiger partial charge in [0.1, 0.15) is 5.82 Å². The lowest BCUT2D eigenvalue weighted by Gasteiger charge is -2.02. The van der Waals surface area contributed by atoms with E-state index in [-0.39, 0.29) is 11.7 Å². The van der Waals surface area contributed by atoms with Gasteiger partial charge in [-0.15, -0.1) is 34.4 Å². The molecule has 0 aliphatic carbocycles. The number of aromatic nitrogens is 1. The van der Waals surface area contributed by atoms with E-state index >= 15 is 0 Å². The van der Waals surface area contributed by atoms with Crippen molar-refractivity contribution < 1.29 is 9.18 Å². The molecule has 1 aromatic carbocycles. The van der Waals surface area contributed by atoms with Gasteiger partial charge in [-0.05, 0) is 29.1 Å². The zero-order chi connectivity index (χ0) is 16.1. The molecule has 1 amide bonds. The second-order valence-corrected chi connectivity index (χ2v) is 7.47. The smallest absolute Gasteiger partial charge is 0.236 e. The van der Waals surface area contributed by atoms with Crippen LogP contribution in [-0.2, 0) is 10.5 Å². The van der Waals surface area contributed by atoms with Crippen LogP contribution in [0.25, 0.3) is 10.6 Å². The molecule has 23 heavy (non-hydrogen) atoms. The first-order chi connectivity index (χ1) is 11.2. The Morgan fingerprint density at radius 1 is 1.22 bits per heavy atom. The Morgan fingerprint density at radius 2 is 2.04 bits per heavy atom. The fourth-order valence-corrected chi connectivity index (χ4v) is 4.14. The van der Waals surface area contributed by atoms with Crippen LogP contribution < -0.4 is 5.32 Å². The maximum Gasteiger partial charge on any atom is 0.236 e. The molecule has 0 unspecified atom stereocenters. The lowest BCUT2D eigenvalue weighted by molar-refractivity contribution is -0.113. The van der Waals surface area contributed by atoms with Gasteiger partial charge < -0.3 is 5.32 Å². The number of benzene rings is 1. The van der Waals surface area contributed by atoms with Crippen molar-refractivity contribution >= 4 is 45.5 Å². The first kappa shape index (κ1) is 16.2. The zero-order valence-electron chi connectivity index (χ0n) is 12.0. The average molecular weight is 364 g/mol. The molecular weight excluding hydrogens is 351 g/mol. The molecule has 0 atom stereocenters. The van der Waals surface area contributed by atoms with Crippen LogP contribution in [0.1, 0.15) is 5.56 Å². The molecule has 0 radical (unpaired) electrons. The second-order valence-electron chi connectivity index (χ2n) is 4.68. The van der Waals surface area contributed by atoms with Gasteiger partial charge >= 0.3 is 0 Å². The van der Waals surface area contributed by atoms with Gasteiger partial charge in [0, 0.05) is 11.1 Å². The lowest BCUT2D eigenvalue weighted by atomic mass is 10.2. The second kappa shape index (κ2) is 7.72. The maximum atomic E-state index is 12.8. The predicted molar refractivity (Wildman–Crippen MR) is 96.6 cm³/mol. The van der Waals surface area contributed by atoms with E-state index in [0.29, 0.717) is 16.6 Å². The number of carbonyl (C=O) groups is 1. The minimum absolute atomic E-state index is 0.0795. The van der Waals surface area contributed by atoms with Gasteiger partial charge in [-0.25, -0.2) is 9.37 Å². The van der Waals surface area contributed by atoms with Crippen molar-refractivity contribution in [1.29, 1.82) is 0 Å². The zero-order valence-corrected chi connectivity index (χ0v) is 14.4. The van der Waals surface area contributed by atoms with Crippen LogP contribution in [0.4, 0.5) is 9.52 Å². The number of nitrogens with zero attached hydrogens (tertiary/aromatic N) is 1. The topological polar surface area (TPSA) is 42.0 Å². The summed E-state index contributed by atoms with van der Waals surface area (Å²) >= 11 is 4.53. The Balaban J connectivity index is 1.47. The van der Waals surface area contributed by atoms with Gasteiger partial charge in [0.05, 0.1) is 16.3 Å². The molecule has 0 saturated carbocycles. The molecule has 0 bridgehead atoms. The summed E-state index contributed by atoms with van der Waals surface area (Å²) in [6, 6.07) is 10.3. The summed E-state index contributed by atoms with van der Waals surface area (Å²) in [6.07, 6.45) is 0.